The van der Waals surface area contributed by atoms with Gasteiger partial charge in [0.2, 0.25) is 5.88 Å². The molecule has 3 heterocycles. The van der Waals surface area contributed by atoms with Crippen LogP contribution in [0.3, 0.4) is 0 Å². The Morgan fingerprint density at radius 2 is 2.00 bits per heavy atom. The number of thioether (sulfide) groups is 1. The van der Waals surface area contributed by atoms with E-state index in [9.17, 15) is 23.1 Å². The number of hydrogen-bond acceptors (Lipinski definition) is 6. The maximum atomic E-state index is 12.7. The van der Waals surface area contributed by atoms with Crippen LogP contribution in [0.25, 0.3) is 10.9 Å². The first kappa shape index (κ1) is 21.4. The normalized spacial score (nSPS) is 19.1. The van der Waals surface area contributed by atoms with Crippen LogP contribution < -0.4 is 4.74 Å². The summed E-state index contributed by atoms with van der Waals surface area (Å²) in [5, 5.41) is 10.7. The van der Waals surface area contributed by atoms with Crippen LogP contribution in [0.1, 0.15) is 16.1 Å². The lowest BCUT2D eigenvalue weighted by atomic mass is 10.2. The second-order valence-electron chi connectivity index (χ2n) is 7.09. The molecule has 1 aliphatic heterocycles. The van der Waals surface area contributed by atoms with Crippen molar-refractivity contribution >= 4 is 28.6 Å². The molecule has 0 saturated carbocycles. The van der Waals surface area contributed by atoms with Gasteiger partial charge in [-0.25, -0.2) is 9.97 Å². The lowest BCUT2D eigenvalue weighted by Gasteiger charge is -2.15. The van der Waals surface area contributed by atoms with Gasteiger partial charge in [0.1, 0.15) is 11.4 Å². The first-order valence-corrected chi connectivity index (χ1v) is 10.7. The monoisotopic (exact) mass is 449 g/mol. The number of nitrogens with zero attached hydrogens (tertiary/aromatic N) is 3. The first-order chi connectivity index (χ1) is 14.7. The van der Waals surface area contributed by atoms with E-state index in [2.05, 4.69) is 9.97 Å². The minimum Gasteiger partial charge on any atom is -0.439 e. The van der Waals surface area contributed by atoms with Crippen molar-refractivity contribution in [3.05, 3.63) is 59.9 Å². The molecular weight excluding hydrogens is 431 g/mol. The minimum absolute atomic E-state index is 0.0112. The summed E-state index contributed by atoms with van der Waals surface area (Å²) in [6.07, 6.45) is -2.40. The molecule has 1 amide bonds. The highest BCUT2D eigenvalue weighted by atomic mass is 32.2. The number of hydrogen-bond donors (Lipinski definition) is 1. The number of aromatic nitrogens is 2. The standard InChI is InChI=1S/C21H18F3N3O3S/c1-31-18-11-27(10-17(18)28)20(29)16-5-2-12-8-14(4-6-15(12)26-16)30-19-7-3-13(9-25-19)21(22,23)24/h2-9,17-18,28H,10-11H2,1H3/t17-,18-/m0/s1. The van der Waals surface area contributed by atoms with Gasteiger partial charge >= 0.3 is 6.18 Å². The topological polar surface area (TPSA) is 75.6 Å². The number of likely N-dealkylation sites (tertiary alicyclic amines) is 1. The van der Waals surface area contributed by atoms with Crippen LogP contribution in [0, 0.1) is 0 Å². The molecule has 1 N–H and O–H groups in total. The molecule has 3 aromatic rings. The molecule has 0 unspecified atom stereocenters. The van der Waals surface area contributed by atoms with E-state index in [0.717, 1.165) is 12.1 Å². The molecule has 1 aromatic carbocycles. The maximum Gasteiger partial charge on any atom is 0.417 e. The lowest BCUT2D eigenvalue weighted by molar-refractivity contribution is -0.137. The Bertz CT molecular complexity index is 1110. The number of carbonyl (C=O) groups excluding carboxylic acids is 1. The molecule has 1 saturated heterocycles. The van der Waals surface area contributed by atoms with Gasteiger partial charge in [0.05, 0.1) is 17.2 Å². The van der Waals surface area contributed by atoms with E-state index in [-0.39, 0.29) is 29.3 Å². The second kappa shape index (κ2) is 8.35. The Morgan fingerprint density at radius 1 is 1.19 bits per heavy atom. The van der Waals surface area contributed by atoms with Crippen LogP contribution in [0.4, 0.5) is 13.2 Å². The fourth-order valence-corrected chi connectivity index (χ4v) is 4.06. The Morgan fingerprint density at radius 3 is 2.65 bits per heavy atom. The number of halogens is 3. The molecular formula is C21H18F3N3O3S. The SMILES string of the molecule is CS[C@H]1CN(C(=O)c2ccc3cc(Oc4ccc(C(F)(F)F)cn4)ccc3n2)C[C@@H]1O. The van der Waals surface area contributed by atoms with Crippen molar-refractivity contribution < 1.29 is 27.8 Å². The Balaban J connectivity index is 1.50. The molecule has 10 heteroatoms. The number of rotatable bonds is 4. The van der Waals surface area contributed by atoms with Gasteiger partial charge in [-0.1, -0.05) is 6.07 Å². The van der Waals surface area contributed by atoms with Crippen LogP contribution in [0.5, 0.6) is 11.6 Å². The maximum absolute atomic E-state index is 12.7. The number of amides is 1. The summed E-state index contributed by atoms with van der Waals surface area (Å²) in [5.74, 6) is 0.168. The zero-order chi connectivity index (χ0) is 22.2. The molecule has 162 valence electrons. The van der Waals surface area contributed by atoms with Crippen molar-refractivity contribution in [1.29, 1.82) is 0 Å². The number of alkyl halides is 3. The zero-order valence-electron chi connectivity index (χ0n) is 16.3. The highest BCUT2D eigenvalue weighted by Gasteiger charge is 2.34. The fraction of sp³-hybridized carbons (Fsp3) is 0.286. The summed E-state index contributed by atoms with van der Waals surface area (Å²) in [6.45, 7) is 0.741. The molecule has 2 aromatic heterocycles. The Hall–Kier alpha value is -2.85. The van der Waals surface area contributed by atoms with E-state index < -0.39 is 17.8 Å². The predicted octanol–water partition coefficient (Wildman–Crippen LogP) is 3.99. The van der Waals surface area contributed by atoms with Crippen LogP contribution in [0.2, 0.25) is 0 Å². The summed E-state index contributed by atoms with van der Waals surface area (Å²) >= 11 is 1.52. The molecule has 2 atom stereocenters. The third-order valence-corrected chi connectivity index (χ3v) is 6.06. The van der Waals surface area contributed by atoms with E-state index >= 15 is 0 Å². The number of carbonyl (C=O) groups is 1. The molecule has 0 bridgehead atoms. The summed E-state index contributed by atoms with van der Waals surface area (Å²) < 4.78 is 43.4. The average Bonchev–Trinajstić information content (AvgIpc) is 3.13. The van der Waals surface area contributed by atoms with E-state index in [1.165, 1.54) is 11.8 Å². The van der Waals surface area contributed by atoms with E-state index in [1.54, 1.807) is 35.2 Å². The van der Waals surface area contributed by atoms with Gasteiger partial charge in [0.25, 0.3) is 5.91 Å². The van der Waals surface area contributed by atoms with Crippen LogP contribution in [-0.2, 0) is 6.18 Å². The summed E-state index contributed by atoms with van der Waals surface area (Å²) in [4.78, 5) is 22.4. The summed E-state index contributed by atoms with van der Waals surface area (Å²) in [5.41, 5.74) is -0.00611. The largest absolute Gasteiger partial charge is 0.439 e. The van der Waals surface area contributed by atoms with Gasteiger partial charge in [-0.3, -0.25) is 4.79 Å². The Kier molecular flexibility index (Phi) is 5.76. The van der Waals surface area contributed by atoms with Crippen molar-refractivity contribution in [2.24, 2.45) is 0 Å². The van der Waals surface area contributed by atoms with E-state index in [4.69, 9.17) is 4.74 Å². The number of fused-ring (bicyclic) bond motifs is 1. The number of β-amino-alcohol motifs (C(OH)–C–C–N with tert-alkyl or cyclic N) is 1. The van der Waals surface area contributed by atoms with Crippen molar-refractivity contribution in [2.45, 2.75) is 17.5 Å². The first-order valence-electron chi connectivity index (χ1n) is 9.36. The van der Waals surface area contributed by atoms with Crippen molar-refractivity contribution in [2.75, 3.05) is 19.3 Å². The van der Waals surface area contributed by atoms with Gasteiger partial charge in [-0.2, -0.15) is 24.9 Å². The minimum atomic E-state index is -4.46. The summed E-state index contributed by atoms with van der Waals surface area (Å²) in [7, 11) is 0. The van der Waals surface area contributed by atoms with Crippen LogP contribution in [-0.4, -0.2) is 56.6 Å². The second-order valence-corrected chi connectivity index (χ2v) is 8.16. The average molecular weight is 449 g/mol. The zero-order valence-corrected chi connectivity index (χ0v) is 17.2. The summed E-state index contributed by atoms with van der Waals surface area (Å²) in [6, 6.07) is 10.3. The third kappa shape index (κ3) is 4.59. The van der Waals surface area contributed by atoms with Gasteiger partial charge in [-0.15, -0.1) is 0 Å². The number of ether oxygens (including phenoxy) is 1. The molecule has 1 fully saturated rings. The van der Waals surface area contributed by atoms with E-state index in [0.29, 0.717) is 29.4 Å². The van der Waals surface area contributed by atoms with Gasteiger partial charge in [0.15, 0.2) is 0 Å². The lowest BCUT2D eigenvalue weighted by Crippen LogP contribution is -2.30. The molecule has 1 aliphatic rings. The smallest absolute Gasteiger partial charge is 0.417 e. The van der Waals surface area contributed by atoms with Crippen LogP contribution in [0.15, 0.2) is 48.7 Å². The van der Waals surface area contributed by atoms with Gasteiger partial charge < -0.3 is 14.7 Å². The molecule has 31 heavy (non-hydrogen) atoms. The number of benzene rings is 1. The number of aliphatic hydroxyl groups is 1. The highest BCUT2D eigenvalue weighted by molar-refractivity contribution is 7.99. The molecule has 6 nitrogen and oxygen atoms in total. The highest BCUT2D eigenvalue weighted by Crippen LogP contribution is 2.30. The van der Waals surface area contributed by atoms with Crippen molar-refractivity contribution in [3.63, 3.8) is 0 Å². The van der Waals surface area contributed by atoms with Crippen molar-refractivity contribution in [3.8, 4) is 11.6 Å². The molecule has 0 radical (unpaired) electrons. The van der Waals surface area contributed by atoms with E-state index in [1.807, 2.05) is 6.26 Å². The predicted molar refractivity (Wildman–Crippen MR) is 110 cm³/mol. The fourth-order valence-electron chi connectivity index (χ4n) is 3.33. The molecule has 0 spiro atoms. The molecule has 4 rings (SSSR count). The van der Waals surface area contributed by atoms with Gasteiger partial charge in [-0.05, 0) is 36.6 Å². The number of aliphatic hydroxyl groups excluding tert-OH is 1. The Labute approximate surface area is 180 Å². The van der Waals surface area contributed by atoms with Crippen molar-refractivity contribution in [1.82, 2.24) is 14.9 Å². The third-order valence-electron chi connectivity index (χ3n) is 4.99. The molecule has 0 aliphatic carbocycles. The van der Waals surface area contributed by atoms with Crippen LogP contribution >= 0.6 is 11.8 Å². The number of pyridine rings is 2. The van der Waals surface area contributed by atoms with Gasteiger partial charge in [0, 0.05) is 36.0 Å². The quantitative estimate of drug-likeness (QED) is 0.649.